The van der Waals surface area contributed by atoms with Crippen molar-refractivity contribution < 1.29 is 0 Å². The number of nitrogens with zero attached hydrogens (tertiary/aromatic N) is 4. The van der Waals surface area contributed by atoms with E-state index in [1.807, 2.05) is 0 Å². The molecule has 1 unspecified atom stereocenters. The van der Waals surface area contributed by atoms with Gasteiger partial charge in [0.2, 0.25) is 0 Å². The molecule has 1 aromatic heterocycles. The van der Waals surface area contributed by atoms with E-state index in [1.165, 1.54) is 0 Å². The molecule has 2 heterocycles. The van der Waals surface area contributed by atoms with Crippen LogP contribution in [0.1, 0.15) is 37.6 Å². The summed E-state index contributed by atoms with van der Waals surface area (Å²) in [4.78, 5) is 5.05. The van der Waals surface area contributed by atoms with Crippen LogP contribution in [-0.4, -0.2) is 52.8 Å². The van der Waals surface area contributed by atoms with Gasteiger partial charge in [0.1, 0.15) is 4.99 Å². The zero-order valence-electron chi connectivity index (χ0n) is 13.4. The van der Waals surface area contributed by atoms with Gasteiger partial charge in [-0.3, -0.25) is 0 Å². The quantitative estimate of drug-likeness (QED) is 0.848. The summed E-state index contributed by atoms with van der Waals surface area (Å²) in [5.74, 6) is 0.858. The zero-order valence-corrected chi connectivity index (χ0v) is 14.2. The molecule has 1 saturated heterocycles. The molecule has 2 rings (SSSR count). The van der Waals surface area contributed by atoms with Crippen molar-refractivity contribution in [2.24, 2.45) is 5.73 Å². The standard InChI is InChI=1S/C15H25N5S/c1-5-11-12(6-2)17-18-15(13(11)14(16)21)20-8-7-19(4)10(3)9-20/h10H,5-9H2,1-4H3,(H2,16,21). The molecule has 6 heteroatoms. The summed E-state index contributed by atoms with van der Waals surface area (Å²) in [6.07, 6.45) is 1.73. The van der Waals surface area contributed by atoms with Crippen LogP contribution >= 0.6 is 12.2 Å². The Morgan fingerprint density at radius 2 is 2.00 bits per heavy atom. The highest BCUT2D eigenvalue weighted by Crippen LogP contribution is 2.25. The van der Waals surface area contributed by atoms with Crippen LogP contribution < -0.4 is 10.6 Å². The number of hydrogen-bond donors (Lipinski definition) is 1. The van der Waals surface area contributed by atoms with Crippen molar-refractivity contribution in [1.82, 2.24) is 15.1 Å². The first-order valence-corrected chi connectivity index (χ1v) is 8.03. The van der Waals surface area contributed by atoms with Gasteiger partial charge >= 0.3 is 0 Å². The van der Waals surface area contributed by atoms with Crippen LogP contribution in [0.15, 0.2) is 0 Å². The van der Waals surface area contributed by atoms with Crippen molar-refractivity contribution in [3.63, 3.8) is 0 Å². The summed E-state index contributed by atoms with van der Waals surface area (Å²) in [5.41, 5.74) is 9.10. The van der Waals surface area contributed by atoms with E-state index in [0.29, 0.717) is 11.0 Å². The van der Waals surface area contributed by atoms with Gasteiger partial charge in [0.05, 0.1) is 11.3 Å². The molecule has 0 saturated carbocycles. The number of nitrogens with two attached hydrogens (primary N) is 1. The summed E-state index contributed by atoms with van der Waals surface area (Å²) in [7, 11) is 2.15. The third kappa shape index (κ3) is 3.16. The molecule has 0 aromatic carbocycles. The fourth-order valence-electron chi connectivity index (χ4n) is 2.88. The fraction of sp³-hybridized carbons (Fsp3) is 0.667. The Kier molecular flexibility index (Phi) is 5.11. The second kappa shape index (κ2) is 6.66. The molecule has 0 radical (unpaired) electrons. The summed E-state index contributed by atoms with van der Waals surface area (Å²) < 4.78 is 0. The van der Waals surface area contributed by atoms with Crippen molar-refractivity contribution in [3.05, 3.63) is 16.8 Å². The monoisotopic (exact) mass is 307 g/mol. The van der Waals surface area contributed by atoms with E-state index in [0.717, 1.165) is 55.1 Å². The predicted molar refractivity (Wildman–Crippen MR) is 91.0 cm³/mol. The first-order valence-electron chi connectivity index (χ1n) is 7.62. The normalized spacial score (nSPS) is 19.8. The second-order valence-electron chi connectivity index (χ2n) is 5.67. The molecule has 21 heavy (non-hydrogen) atoms. The zero-order chi connectivity index (χ0) is 15.6. The molecule has 1 aliphatic rings. The van der Waals surface area contributed by atoms with Crippen molar-refractivity contribution in [2.75, 3.05) is 31.6 Å². The Morgan fingerprint density at radius 1 is 1.29 bits per heavy atom. The molecule has 1 fully saturated rings. The number of thiocarbonyl (C=S) groups is 1. The number of piperazine rings is 1. The maximum atomic E-state index is 6.01. The number of anilines is 1. The SMILES string of the molecule is CCc1nnc(N2CCN(C)C(C)C2)c(C(N)=S)c1CC. The van der Waals surface area contributed by atoms with Crippen LogP contribution in [0.2, 0.25) is 0 Å². The molecule has 1 aromatic rings. The van der Waals surface area contributed by atoms with Crippen LogP contribution in [0.4, 0.5) is 5.82 Å². The lowest BCUT2D eigenvalue weighted by Crippen LogP contribution is -2.51. The third-order valence-corrected chi connectivity index (χ3v) is 4.54. The van der Waals surface area contributed by atoms with E-state index >= 15 is 0 Å². The lowest BCUT2D eigenvalue weighted by molar-refractivity contribution is 0.233. The van der Waals surface area contributed by atoms with Gasteiger partial charge in [-0.05, 0) is 32.4 Å². The minimum atomic E-state index is 0.429. The number of rotatable bonds is 4. The lowest BCUT2D eigenvalue weighted by Gasteiger charge is -2.39. The third-order valence-electron chi connectivity index (χ3n) is 4.33. The lowest BCUT2D eigenvalue weighted by atomic mass is 10.0. The maximum Gasteiger partial charge on any atom is 0.161 e. The second-order valence-corrected chi connectivity index (χ2v) is 6.11. The minimum Gasteiger partial charge on any atom is -0.389 e. The van der Waals surface area contributed by atoms with Gasteiger partial charge in [-0.15, -0.1) is 5.10 Å². The Labute approximate surface area is 132 Å². The Balaban J connectivity index is 2.46. The van der Waals surface area contributed by atoms with Gasteiger partial charge < -0.3 is 15.5 Å². The summed E-state index contributed by atoms with van der Waals surface area (Å²) in [5, 5.41) is 8.86. The number of hydrogen-bond acceptors (Lipinski definition) is 5. The van der Waals surface area contributed by atoms with Gasteiger partial charge in [-0.25, -0.2) is 0 Å². The van der Waals surface area contributed by atoms with E-state index in [2.05, 4.69) is 47.8 Å². The Bertz CT molecular complexity index is 531. The van der Waals surface area contributed by atoms with Gasteiger partial charge in [0, 0.05) is 25.7 Å². The molecule has 1 atom stereocenters. The smallest absolute Gasteiger partial charge is 0.161 e. The van der Waals surface area contributed by atoms with Crippen LogP contribution in [0.3, 0.4) is 0 Å². The molecule has 5 nitrogen and oxygen atoms in total. The molecular formula is C15H25N5S. The molecule has 0 spiro atoms. The Hall–Kier alpha value is -1.27. The van der Waals surface area contributed by atoms with Crippen molar-refractivity contribution >= 4 is 23.0 Å². The Morgan fingerprint density at radius 3 is 2.52 bits per heavy atom. The summed E-state index contributed by atoms with van der Waals surface area (Å²) >= 11 is 5.31. The first-order chi connectivity index (χ1) is 9.99. The molecule has 1 aliphatic heterocycles. The van der Waals surface area contributed by atoms with Crippen molar-refractivity contribution in [2.45, 2.75) is 39.7 Å². The fourth-order valence-corrected chi connectivity index (χ4v) is 3.10. The van der Waals surface area contributed by atoms with E-state index in [9.17, 15) is 0 Å². The topological polar surface area (TPSA) is 58.3 Å². The van der Waals surface area contributed by atoms with Crippen molar-refractivity contribution in [3.8, 4) is 0 Å². The summed E-state index contributed by atoms with van der Waals surface area (Å²) in [6.45, 7) is 9.30. The highest BCUT2D eigenvalue weighted by molar-refractivity contribution is 7.80. The van der Waals surface area contributed by atoms with E-state index in [1.54, 1.807) is 0 Å². The molecule has 2 N–H and O–H groups in total. The molecule has 0 amide bonds. The minimum absolute atomic E-state index is 0.429. The van der Waals surface area contributed by atoms with Crippen LogP contribution in [0.5, 0.6) is 0 Å². The largest absolute Gasteiger partial charge is 0.389 e. The van der Waals surface area contributed by atoms with Gasteiger partial charge in [0.25, 0.3) is 0 Å². The highest BCUT2D eigenvalue weighted by atomic mass is 32.1. The number of aryl methyl sites for hydroxylation is 1. The first kappa shape index (κ1) is 16.1. The number of aromatic nitrogens is 2. The van der Waals surface area contributed by atoms with E-state index in [-0.39, 0.29) is 0 Å². The van der Waals surface area contributed by atoms with Crippen LogP contribution in [0.25, 0.3) is 0 Å². The van der Waals surface area contributed by atoms with Crippen LogP contribution in [-0.2, 0) is 12.8 Å². The number of likely N-dealkylation sites (N-methyl/N-ethyl adjacent to an activating group) is 1. The highest BCUT2D eigenvalue weighted by Gasteiger charge is 2.26. The van der Waals surface area contributed by atoms with Gasteiger partial charge in [-0.2, -0.15) is 5.10 Å². The maximum absolute atomic E-state index is 6.01. The van der Waals surface area contributed by atoms with Crippen LogP contribution in [0, 0.1) is 0 Å². The molecule has 116 valence electrons. The van der Waals surface area contributed by atoms with E-state index in [4.69, 9.17) is 18.0 Å². The predicted octanol–water partition coefficient (Wildman–Crippen LogP) is 1.38. The molecule has 0 aliphatic carbocycles. The average molecular weight is 307 g/mol. The molecular weight excluding hydrogens is 282 g/mol. The summed E-state index contributed by atoms with van der Waals surface area (Å²) in [6, 6.07) is 0.482. The van der Waals surface area contributed by atoms with Crippen molar-refractivity contribution in [1.29, 1.82) is 0 Å². The molecule has 0 bridgehead atoms. The van der Waals surface area contributed by atoms with Gasteiger partial charge in [0.15, 0.2) is 5.82 Å². The average Bonchev–Trinajstić information content (AvgIpc) is 2.48. The van der Waals surface area contributed by atoms with Gasteiger partial charge in [-0.1, -0.05) is 26.1 Å². The van der Waals surface area contributed by atoms with E-state index < -0.39 is 0 Å².